The Morgan fingerprint density at radius 1 is 1.28 bits per heavy atom. The van der Waals surface area contributed by atoms with Crippen molar-refractivity contribution in [2.45, 2.75) is 6.42 Å². The first kappa shape index (κ1) is 19.1. The Morgan fingerprint density at radius 3 is 2.86 bits per heavy atom. The largest absolute Gasteiger partial charge is 0.494 e. The fraction of sp³-hybridized carbons (Fsp3) is 0.238. The number of carbonyl (C=O) groups is 1. The smallest absolute Gasteiger partial charge is 0.229 e. The van der Waals surface area contributed by atoms with Gasteiger partial charge >= 0.3 is 0 Å². The number of nitrogens with zero attached hydrogens (tertiary/aromatic N) is 1. The summed E-state index contributed by atoms with van der Waals surface area (Å²) < 4.78 is 38.3. The van der Waals surface area contributed by atoms with Crippen LogP contribution in [-0.4, -0.2) is 36.4 Å². The van der Waals surface area contributed by atoms with E-state index < -0.39 is 11.6 Å². The van der Waals surface area contributed by atoms with E-state index in [9.17, 15) is 13.6 Å². The maximum atomic E-state index is 14.4. The number of fused-ring (bicyclic) bond motifs is 1. The van der Waals surface area contributed by atoms with E-state index >= 15 is 0 Å². The Hall–Kier alpha value is -3.26. The Kier molecular flexibility index (Phi) is 5.26. The first-order chi connectivity index (χ1) is 14.0. The van der Waals surface area contributed by atoms with E-state index in [0.29, 0.717) is 41.8 Å². The molecule has 4 rings (SSSR count). The maximum Gasteiger partial charge on any atom is 0.229 e. The zero-order valence-electron chi connectivity index (χ0n) is 15.7. The summed E-state index contributed by atoms with van der Waals surface area (Å²) in [6.07, 6.45) is 4.00. The van der Waals surface area contributed by atoms with Crippen molar-refractivity contribution in [1.29, 1.82) is 0 Å². The van der Waals surface area contributed by atoms with Crippen molar-refractivity contribution in [3.8, 4) is 5.75 Å². The second-order valence-corrected chi connectivity index (χ2v) is 6.76. The first-order valence-electron chi connectivity index (χ1n) is 9.13. The van der Waals surface area contributed by atoms with E-state index in [4.69, 9.17) is 9.47 Å². The molecule has 150 valence electrons. The number of nitrogens with one attached hydrogen (secondary N) is 2. The van der Waals surface area contributed by atoms with Crippen LogP contribution in [0.25, 0.3) is 23.1 Å². The molecule has 0 bridgehead atoms. The zero-order chi connectivity index (χ0) is 20.4. The van der Waals surface area contributed by atoms with Crippen LogP contribution in [0.4, 0.5) is 14.5 Å². The van der Waals surface area contributed by atoms with E-state index in [0.717, 1.165) is 0 Å². The molecule has 0 aliphatic carbocycles. The number of halogens is 2. The normalized spacial score (nSPS) is 16.6. The number of aromatic nitrogens is 2. The van der Waals surface area contributed by atoms with Crippen molar-refractivity contribution in [3.05, 3.63) is 53.2 Å². The van der Waals surface area contributed by atoms with E-state index in [1.165, 1.54) is 31.4 Å². The fourth-order valence-corrected chi connectivity index (χ4v) is 3.22. The number of H-pyrrole nitrogens is 1. The lowest BCUT2D eigenvalue weighted by Gasteiger charge is -2.10. The molecule has 1 aliphatic heterocycles. The van der Waals surface area contributed by atoms with Gasteiger partial charge < -0.3 is 14.8 Å². The van der Waals surface area contributed by atoms with Gasteiger partial charge in [-0.1, -0.05) is 12.1 Å². The molecule has 1 aromatic heterocycles. The summed E-state index contributed by atoms with van der Waals surface area (Å²) >= 11 is 0. The van der Waals surface area contributed by atoms with Crippen molar-refractivity contribution in [1.82, 2.24) is 10.2 Å². The zero-order valence-corrected chi connectivity index (χ0v) is 15.7. The molecular formula is C21H19F2N3O3. The van der Waals surface area contributed by atoms with Crippen LogP contribution in [0.3, 0.4) is 0 Å². The van der Waals surface area contributed by atoms with Gasteiger partial charge in [-0.25, -0.2) is 8.78 Å². The third kappa shape index (κ3) is 3.97. The predicted molar refractivity (Wildman–Crippen MR) is 105 cm³/mol. The molecule has 2 heterocycles. The highest BCUT2D eigenvalue weighted by Crippen LogP contribution is 2.27. The molecule has 1 aliphatic rings. The Labute approximate surface area is 165 Å². The molecule has 6 nitrogen and oxygen atoms in total. The van der Waals surface area contributed by atoms with Gasteiger partial charge in [-0.05, 0) is 36.3 Å². The minimum absolute atomic E-state index is 0.0842. The third-order valence-electron chi connectivity index (χ3n) is 4.85. The van der Waals surface area contributed by atoms with Crippen LogP contribution in [0.1, 0.15) is 17.7 Å². The molecule has 2 N–H and O–H groups in total. The van der Waals surface area contributed by atoms with Gasteiger partial charge in [0.1, 0.15) is 5.82 Å². The van der Waals surface area contributed by atoms with Gasteiger partial charge in [0.05, 0.1) is 36.5 Å². The summed E-state index contributed by atoms with van der Waals surface area (Å²) in [6, 6.07) is 7.42. The number of hydrogen-bond acceptors (Lipinski definition) is 4. The van der Waals surface area contributed by atoms with E-state index in [-0.39, 0.29) is 23.3 Å². The Morgan fingerprint density at radius 2 is 2.14 bits per heavy atom. The summed E-state index contributed by atoms with van der Waals surface area (Å²) in [5.74, 6) is -1.41. The number of benzene rings is 2. The van der Waals surface area contributed by atoms with Crippen LogP contribution in [0.5, 0.6) is 5.75 Å². The summed E-state index contributed by atoms with van der Waals surface area (Å²) in [5, 5.41) is 10.2. The lowest BCUT2D eigenvalue weighted by atomic mass is 10.1. The van der Waals surface area contributed by atoms with Crippen molar-refractivity contribution in [2.75, 3.05) is 25.6 Å². The molecule has 0 radical (unpaired) electrons. The number of ether oxygens (including phenoxy) is 2. The van der Waals surface area contributed by atoms with Crippen LogP contribution < -0.4 is 10.1 Å². The number of hydrogen-bond donors (Lipinski definition) is 2. The average molecular weight is 399 g/mol. The van der Waals surface area contributed by atoms with Gasteiger partial charge in [0.15, 0.2) is 11.6 Å². The van der Waals surface area contributed by atoms with Crippen LogP contribution in [0, 0.1) is 17.6 Å². The molecule has 1 fully saturated rings. The van der Waals surface area contributed by atoms with Gasteiger partial charge in [0.2, 0.25) is 5.91 Å². The minimum atomic E-state index is -0.554. The monoisotopic (exact) mass is 399 g/mol. The molecule has 1 unspecified atom stereocenters. The van der Waals surface area contributed by atoms with Crippen LogP contribution in [-0.2, 0) is 9.53 Å². The number of aromatic amines is 1. The predicted octanol–water partition coefficient (Wildman–Crippen LogP) is 4.00. The number of methoxy groups -OCH3 is 1. The SMILES string of the molecule is COc1ccc(C=Cc2n[nH]c3cc(F)c(NC(=O)C4CCOC4)cc23)cc1F. The fourth-order valence-electron chi connectivity index (χ4n) is 3.22. The summed E-state index contributed by atoms with van der Waals surface area (Å²) in [5.41, 5.74) is 1.73. The second-order valence-electron chi connectivity index (χ2n) is 6.76. The topological polar surface area (TPSA) is 76.2 Å². The van der Waals surface area contributed by atoms with E-state index in [1.54, 1.807) is 18.2 Å². The summed E-state index contributed by atoms with van der Waals surface area (Å²) in [7, 11) is 1.40. The van der Waals surface area contributed by atoms with Crippen LogP contribution >= 0.6 is 0 Å². The van der Waals surface area contributed by atoms with Gasteiger partial charge in [0.25, 0.3) is 0 Å². The number of amides is 1. The minimum Gasteiger partial charge on any atom is -0.494 e. The highest BCUT2D eigenvalue weighted by atomic mass is 19.1. The molecule has 2 aromatic carbocycles. The highest BCUT2D eigenvalue weighted by molar-refractivity contribution is 5.97. The lowest BCUT2D eigenvalue weighted by Crippen LogP contribution is -2.23. The first-order valence-corrected chi connectivity index (χ1v) is 9.13. The van der Waals surface area contributed by atoms with E-state index in [2.05, 4.69) is 15.5 Å². The van der Waals surface area contributed by atoms with Gasteiger partial charge in [0, 0.05) is 18.1 Å². The number of rotatable bonds is 5. The standard InChI is InChI=1S/C21H19F2N3O3/c1-28-20-5-3-12(8-16(20)23)2-4-17-14-9-19(15(22)10-18(14)26-25-17)24-21(27)13-6-7-29-11-13/h2-5,8-10,13H,6-7,11H2,1H3,(H,24,27)(H,25,26). The molecular weight excluding hydrogens is 380 g/mol. The molecule has 0 spiro atoms. The number of carbonyl (C=O) groups excluding carboxylic acids is 1. The van der Waals surface area contributed by atoms with E-state index in [1.807, 2.05) is 0 Å². The Balaban J connectivity index is 1.60. The lowest BCUT2D eigenvalue weighted by molar-refractivity contribution is -0.119. The van der Waals surface area contributed by atoms with Gasteiger partial charge in [-0.2, -0.15) is 5.10 Å². The van der Waals surface area contributed by atoms with Crippen molar-refractivity contribution < 1.29 is 23.0 Å². The molecule has 1 atom stereocenters. The molecule has 1 saturated heterocycles. The Bertz CT molecular complexity index is 1090. The molecule has 3 aromatic rings. The highest BCUT2D eigenvalue weighted by Gasteiger charge is 2.24. The molecule has 8 heteroatoms. The van der Waals surface area contributed by atoms with Crippen molar-refractivity contribution >= 4 is 34.6 Å². The third-order valence-corrected chi connectivity index (χ3v) is 4.85. The van der Waals surface area contributed by atoms with Crippen molar-refractivity contribution in [3.63, 3.8) is 0 Å². The molecule has 29 heavy (non-hydrogen) atoms. The molecule has 1 amide bonds. The quantitative estimate of drug-likeness (QED) is 0.680. The summed E-state index contributed by atoms with van der Waals surface area (Å²) in [4.78, 5) is 12.3. The van der Waals surface area contributed by atoms with Gasteiger partial charge in [-0.15, -0.1) is 0 Å². The summed E-state index contributed by atoms with van der Waals surface area (Å²) in [6.45, 7) is 0.871. The second kappa shape index (κ2) is 8.00. The van der Waals surface area contributed by atoms with Crippen LogP contribution in [0.15, 0.2) is 30.3 Å². The maximum absolute atomic E-state index is 14.4. The average Bonchev–Trinajstić information content (AvgIpc) is 3.37. The van der Waals surface area contributed by atoms with Crippen LogP contribution in [0.2, 0.25) is 0 Å². The van der Waals surface area contributed by atoms with Crippen molar-refractivity contribution in [2.24, 2.45) is 5.92 Å². The van der Waals surface area contributed by atoms with Gasteiger partial charge in [-0.3, -0.25) is 9.89 Å². The molecule has 0 saturated carbocycles. The number of anilines is 1.